The lowest BCUT2D eigenvalue weighted by molar-refractivity contribution is -0.119. The lowest BCUT2D eigenvalue weighted by atomic mass is 9.91. The van der Waals surface area contributed by atoms with Gasteiger partial charge in [0.1, 0.15) is 0 Å². The first kappa shape index (κ1) is 14.4. The number of hydrogen-bond acceptors (Lipinski definition) is 2. The molecule has 0 aromatic heterocycles. The van der Waals surface area contributed by atoms with Crippen molar-refractivity contribution in [1.82, 2.24) is 10.6 Å². The fourth-order valence-electron chi connectivity index (χ4n) is 2.02. The number of amides is 1. The average molecular weight is 216 g/mol. The van der Waals surface area contributed by atoms with E-state index in [1.165, 1.54) is 12.8 Å². The van der Waals surface area contributed by atoms with Crippen molar-refractivity contribution in [3.8, 4) is 0 Å². The van der Waals surface area contributed by atoms with Gasteiger partial charge in [-0.2, -0.15) is 0 Å². The molecular formula is C12H28N2O. The highest BCUT2D eigenvalue weighted by Crippen LogP contribution is 2.18. The van der Waals surface area contributed by atoms with E-state index in [-0.39, 0.29) is 7.33 Å². The van der Waals surface area contributed by atoms with E-state index in [0.29, 0.717) is 12.1 Å². The zero-order valence-corrected chi connectivity index (χ0v) is 10.6. The Hall–Kier alpha value is -0.570. The molecule has 3 nitrogen and oxygen atoms in total. The summed E-state index contributed by atoms with van der Waals surface area (Å²) in [5, 5.41) is 6.42. The summed E-state index contributed by atoms with van der Waals surface area (Å²) in [4.78, 5) is 10.8. The third kappa shape index (κ3) is 6.50. The lowest BCUT2D eigenvalue weighted by Gasteiger charge is -2.29. The molecule has 0 atom stereocenters. The predicted molar refractivity (Wildman–Crippen MR) is 67.0 cm³/mol. The SMILES string of the molecule is CC.CCNC1CCC(NC(C)=O)CC1.[HH]. The molecule has 0 saturated heterocycles. The van der Waals surface area contributed by atoms with Crippen LogP contribution in [0.3, 0.4) is 0 Å². The molecule has 0 aromatic rings. The Bertz CT molecular complexity index is 168. The first-order valence-corrected chi connectivity index (χ1v) is 6.23. The molecule has 0 spiro atoms. The van der Waals surface area contributed by atoms with Gasteiger partial charge in [-0.05, 0) is 32.2 Å². The quantitative estimate of drug-likeness (QED) is 0.760. The minimum Gasteiger partial charge on any atom is -0.354 e. The predicted octanol–water partition coefficient (Wildman–Crippen LogP) is 2.32. The van der Waals surface area contributed by atoms with Gasteiger partial charge in [-0.15, -0.1) is 0 Å². The first-order chi connectivity index (χ1) is 7.22. The highest BCUT2D eigenvalue weighted by atomic mass is 16.1. The number of carbonyl (C=O) groups is 1. The van der Waals surface area contributed by atoms with Crippen molar-refractivity contribution in [1.29, 1.82) is 0 Å². The van der Waals surface area contributed by atoms with Crippen LogP contribution in [0.1, 0.15) is 54.8 Å². The largest absolute Gasteiger partial charge is 0.354 e. The van der Waals surface area contributed by atoms with Crippen LogP contribution in [0.25, 0.3) is 0 Å². The third-order valence-electron chi connectivity index (χ3n) is 2.63. The van der Waals surface area contributed by atoms with Crippen LogP contribution in [0.5, 0.6) is 0 Å². The van der Waals surface area contributed by atoms with Gasteiger partial charge in [-0.3, -0.25) is 4.79 Å². The zero-order chi connectivity index (χ0) is 11.7. The molecule has 1 aliphatic carbocycles. The maximum atomic E-state index is 10.8. The fraction of sp³-hybridized carbons (Fsp3) is 0.917. The molecule has 2 N–H and O–H groups in total. The summed E-state index contributed by atoms with van der Waals surface area (Å²) in [5.41, 5.74) is 0. The molecule has 15 heavy (non-hydrogen) atoms. The summed E-state index contributed by atoms with van der Waals surface area (Å²) in [6.45, 7) is 8.78. The Balaban J connectivity index is 0. The number of hydrogen-bond donors (Lipinski definition) is 2. The van der Waals surface area contributed by atoms with Crippen molar-refractivity contribution in [3.05, 3.63) is 0 Å². The molecule has 0 bridgehead atoms. The summed E-state index contributed by atoms with van der Waals surface area (Å²) in [7, 11) is 0. The maximum absolute atomic E-state index is 10.8. The van der Waals surface area contributed by atoms with Crippen LogP contribution in [0.4, 0.5) is 0 Å². The normalized spacial score (nSPS) is 25.1. The standard InChI is InChI=1S/C10H20N2O.C2H6.H2/c1-3-11-9-4-6-10(7-5-9)12-8(2)13;1-2;/h9-11H,3-7H2,1-2H3,(H,12,13);1-2H3;1H. The van der Waals surface area contributed by atoms with Gasteiger partial charge >= 0.3 is 0 Å². The molecular weight excluding hydrogens is 188 g/mol. The molecule has 1 aliphatic rings. The van der Waals surface area contributed by atoms with Crippen LogP contribution in [0.15, 0.2) is 0 Å². The van der Waals surface area contributed by atoms with Gasteiger partial charge in [0, 0.05) is 20.4 Å². The van der Waals surface area contributed by atoms with Crippen molar-refractivity contribution >= 4 is 5.91 Å². The topological polar surface area (TPSA) is 41.1 Å². The minimum absolute atomic E-state index is 0. The molecule has 0 heterocycles. The summed E-state index contributed by atoms with van der Waals surface area (Å²) < 4.78 is 0. The monoisotopic (exact) mass is 216 g/mol. The molecule has 1 amide bonds. The molecule has 0 aromatic carbocycles. The average Bonchev–Trinajstić information content (AvgIpc) is 2.24. The van der Waals surface area contributed by atoms with Gasteiger partial charge in [0.05, 0.1) is 0 Å². The van der Waals surface area contributed by atoms with E-state index >= 15 is 0 Å². The van der Waals surface area contributed by atoms with E-state index < -0.39 is 0 Å². The van der Waals surface area contributed by atoms with Gasteiger partial charge in [0.15, 0.2) is 0 Å². The Morgan fingerprint density at radius 2 is 1.67 bits per heavy atom. The van der Waals surface area contributed by atoms with Crippen molar-refractivity contribution in [2.45, 2.75) is 65.5 Å². The third-order valence-corrected chi connectivity index (χ3v) is 2.63. The van der Waals surface area contributed by atoms with Gasteiger partial charge in [-0.25, -0.2) is 0 Å². The van der Waals surface area contributed by atoms with E-state index in [1.807, 2.05) is 13.8 Å². The number of rotatable bonds is 3. The van der Waals surface area contributed by atoms with Crippen molar-refractivity contribution < 1.29 is 6.22 Å². The van der Waals surface area contributed by atoms with Crippen molar-refractivity contribution in [2.24, 2.45) is 0 Å². The smallest absolute Gasteiger partial charge is 0.217 e. The molecule has 3 heteroatoms. The Labute approximate surface area is 95.5 Å². The Kier molecular flexibility index (Phi) is 8.38. The fourth-order valence-corrected chi connectivity index (χ4v) is 2.02. The Morgan fingerprint density at radius 3 is 2.07 bits per heavy atom. The van der Waals surface area contributed by atoms with Gasteiger partial charge in [0.25, 0.3) is 0 Å². The molecule has 1 fully saturated rings. The number of carbonyl (C=O) groups excluding carboxylic acids is 1. The van der Waals surface area contributed by atoms with Gasteiger partial charge in [-0.1, -0.05) is 20.8 Å². The maximum Gasteiger partial charge on any atom is 0.217 e. The summed E-state index contributed by atoms with van der Waals surface area (Å²) in [6.07, 6.45) is 4.63. The first-order valence-electron chi connectivity index (χ1n) is 6.23. The van der Waals surface area contributed by atoms with Crippen LogP contribution in [-0.4, -0.2) is 24.5 Å². The second-order valence-corrected chi connectivity index (χ2v) is 3.81. The minimum atomic E-state index is 0. The van der Waals surface area contributed by atoms with Gasteiger partial charge < -0.3 is 10.6 Å². The zero-order valence-electron chi connectivity index (χ0n) is 10.6. The highest BCUT2D eigenvalue weighted by molar-refractivity contribution is 5.73. The van der Waals surface area contributed by atoms with Crippen LogP contribution < -0.4 is 10.6 Å². The highest BCUT2D eigenvalue weighted by Gasteiger charge is 2.20. The summed E-state index contributed by atoms with van der Waals surface area (Å²) in [6, 6.07) is 1.10. The van der Waals surface area contributed by atoms with E-state index in [1.54, 1.807) is 6.92 Å². The van der Waals surface area contributed by atoms with Crippen LogP contribution in [-0.2, 0) is 4.79 Å². The van der Waals surface area contributed by atoms with Crippen LogP contribution >= 0.6 is 0 Å². The van der Waals surface area contributed by atoms with E-state index in [2.05, 4.69) is 17.6 Å². The molecule has 1 saturated carbocycles. The summed E-state index contributed by atoms with van der Waals surface area (Å²) >= 11 is 0. The van der Waals surface area contributed by atoms with E-state index in [0.717, 1.165) is 19.4 Å². The van der Waals surface area contributed by atoms with Crippen molar-refractivity contribution in [3.63, 3.8) is 0 Å². The Morgan fingerprint density at radius 1 is 1.20 bits per heavy atom. The lowest BCUT2D eigenvalue weighted by Crippen LogP contribution is -2.41. The number of nitrogens with one attached hydrogen (secondary N) is 2. The second kappa shape index (κ2) is 8.72. The molecule has 92 valence electrons. The van der Waals surface area contributed by atoms with E-state index in [9.17, 15) is 4.79 Å². The molecule has 0 unspecified atom stereocenters. The van der Waals surface area contributed by atoms with Crippen LogP contribution in [0.2, 0.25) is 0 Å². The van der Waals surface area contributed by atoms with Crippen LogP contribution in [0, 0.1) is 0 Å². The van der Waals surface area contributed by atoms with Gasteiger partial charge in [0.2, 0.25) is 5.91 Å². The van der Waals surface area contributed by atoms with E-state index in [4.69, 9.17) is 0 Å². The molecule has 0 radical (unpaired) electrons. The molecule has 0 aliphatic heterocycles. The van der Waals surface area contributed by atoms with Crippen molar-refractivity contribution in [2.75, 3.05) is 6.54 Å². The summed E-state index contributed by atoms with van der Waals surface area (Å²) in [5.74, 6) is 0.104. The second-order valence-electron chi connectivity index (χ2n) is 3.81. The molecule has 1 rings (SSSR count).